The SMILES string of the molecule is CC1=C(C)C2C=C(S(=O)(=O)O)C(N)=CC2OC1=O. The number of nitrogens with two attached hydrogens (primary N) is 1. The van der Waals surface area contributed by atoms with Crippen LogP contribution in [0.15, 0.2) is 33.9 Å². The van der Waals surface area contributed by atoms with Crippen molar-refractivity contribution in [3.05, 3.63) is 33.9 Å². The summed E-state index contributed by atoms with van der Waals surface area (Å²) in [4.78, 5) is 11.2. The van der Waals surface area contributed by atoms with E-state index in [1.165, 1.54) is 12.2 Å². The Morgan fingerprint density at radius 3 is 2.50 bits per heavy atom. The van der Waals surface area contributed by atoms with Gasteiger partial charge in [-0.25, -0.2) is 4.79 Å². The molecule has 2 rings (SSSR count). The Hall–Kier alpha value is -1.60. The van der Waals surface area contributed by atoms with Gasteiger partial charge in [0.2, 0.25) is 0 Å². The topological polar surface area (TPSA) is 107 Å². The Morgan fingerprint density at radius 1 is 1.33 bits per heavy atom. The fourth-order valence-corrected chi connectivity index (χ4v) is 2.74. The summed E-state index contributed by atoms with van der Waals surface area (Å²) in [6.45, 7) is 3.33. The number of carbonyl (C=O) groups is 1. The maximum Gasteiger partial charge on any atom is 0.334 e. The molecule has 2 atom stereocenters. The fraction of sp³-hybridized carbons (Fsp3) is 0.364. The molecule has 98 valence electrons. The van der Waals surface area contributed by atoms with E-state index in [0.717, 1.165) is 0 Å². The van der Waals surface area contributed by atoms with Gasteiger partial charge in [0, 0.05) is 11.5 Å². The highest BCUT2D eigenvalue weighted by molar-refractivity contribution is 7.90. The first kappa shape index (κ1) is 12.8. The van der Waals surface area contributed by atoms with E-state index in [1.807, 2.05) is 0 Å². The van der Waals surface area contributed by atoms with E-state index in [9.17, 15) is 13.2 Å². The first-order chi connectivity index (χ1) is 8.21. The minimum atomic E-state index is -4.38. The maximum atomic E-state index is 11.5. The van der Waals surface area contributed by atoms with Crippen molar-refractivity contribution in [2.24, 2.45) is 11.7 Å². The molecule has 1 aliphatic carbocycles. The summed E-state index contributed by atoms with van der Waals surface area (Å²) in [6.07, 6.45) is 2.04. The Balaban J connectivity index is 2.55. The van der Waals surface area contributed by atoms with E-state index in [-0.39, 0.29) is 10.6 Å². The number of rotatable bonds is 1. The van der Waals surface area contributed by atoms with E-state index in [4.69, 9.17) is 15.0 Å². The van der Waals surface area contributed by atoms with E-state index >= 15 is 0 Å². The van der Waals surface area contributed by atoms with Crippen LogP contribution in [0.25, 0.3) is 0 Å². The summed E-state index contributed by atoms with van der Waals surface area (Å²) in [7, 11) is -4.38. The number of hydrogen-bond acceptors (Lipinski definition) is 5. The van der Waals surface area contributed by atoms with Gasteiger partial charge in [-0.15, -0.1) is 0 Å². The van der Waals surface area contributed by atoms with Crippen molar-refractivity contribution in [2.75, 3.05) is 0 Å². The average Bonchev–Trinajstić information content (AvgIpc) is 2.24. The molecule has 0 aromatic carbocycles. The summed E-state index contributed by atoms with van der Waals surface area (Å²) in [6, 6.07) is 0. The van der Waals surface area contributed by atoms with Crippen LogP contribution in [0.5, 0.6) is 0 Å². The second kappa shape index (κ2) is 3.96. The highest BCUT2D eigenvalue weighted by Gasteiger charge is 2.36. The van der Waals surface area contributed by atoms with Gasteiger partial charge in [-0.3, -0.25) is 4.55 Å². The summed E-state index contributed by atoms with van der Waals surface area (Å²) in [5.74, 6) is -0.853. The largest absolute Gasteiger partial charge is 0.454 e. The van der Waals surface area contributed by atoms with Crippen molar-refractivity contribution in [2.45, 2.75) is 20.0 Å². The normalized spacial score (nSPS) is 28.3. The molecule has 3 N–H and O–H groups in total. The van der Waals surface area contributed by atoms with Crippen LogP contribution in [0.2, 0.25) is 0 Å². The Kier molecular flexibility index (Phi) is 2.83. The molecule has 0 amide bonds. The van der Waals surface area contributed by atoms with Crippen molar-refractivity contribution < 1.29 is 22.5 Å². The van der Waals surface area contributed by atoms with Crippen molar-refractivity contribution >= 4 is 16.1 Å². The highest BCUT2D eigenvalue weighted by Crippen LogP contribution is 2.35. The van der Waals surface area contributed by atoms with E-state index < -0.39 is 28.1 Å². The first-order valence-corrected chi connectivity index (χ1v) is 6.71. The summed E-state index contributed by atoms with van der Waals surface area (Å²) in [5.41, 5.74) is 6.58. The molecular weight excluding hydrogens is 258 g/mol. The lowest BCUT2D eigenvalue weighted by atomic mass is 9.85. The third-order valence-corrected chi connectivity index (χ3v) is 4.16. The molecule has 2 aliphatic rings. The lowest BCUT2D eigenvalue weighted by molar-refractivity contribution is -0.144. The molecule has 0 radical (unpaired) electrons. The number of hydrogen-bond donors (Lipinski definition) is 2. The number of ether oxygens (including phenoxy) is 1. The zero-order valence-corrected chi connectivity index (χ0v) is 10.7. The predicted molar refractivity (Wildman–Crippen MR) is 63.6 cm³/mol. The van der Waals surface area contributed by atoms with Gasteiger partial charge in [0.1, 0.15) is 11.0 Å². The van der Waals surface area contributed by atoms with Crippen molar-refractivity contribution in [3.63, 3.8) is 0 Å². The minimum Gasteiger partial charge on any atom is -0.454 e. The smallest absolute Gasteiger partial charge is 0.334 e. The quantitative estimate of drug-likeness (QED) is 0.531. The molecular formula is C11H13NO5S. The first-order valence-electron chi connectivity index (χ1n) is 5.27. The van der Waals surface area contributed by atoms with Crippen molar-refractivity contribution in [3.8, 4) is 0 Å². The van der Waals surface area contributed by atoms with Crippen LogP contribution in [0.3, 0.4) is 0 Å². The lowest BCUT2D eigenvalue weighted by Gasteiger charge is -2.32. The van der Waals surface area contributed by atoms with Crippen molar-refractivity contribution in [1.29, 1.82) is 0 Å². The summed E-state index contributed by atoms with van der Waals surface area (Å²) >= 11 is 0. The van der Waals surface area contributed by atoms with E-state index in [1.54, 1.807) is 13.8 Å². The van der Waals surface area contributed by atoms with Gasteiger partial charge in [0.05, 0.1) is 5.70 Å². The van der Waals surface area contributed by atoms with Crippen LogP contribution >= 0.6 is 0 Å². The molecule has 1 heterocycles. The summed E-state index contributed by atoms with van der Waals surface area (Å²) < 4.78 is 36.5. The molecule has 0 saturated carbocycles. The maximum absolute atomic E-state index is 11.5. The Labute approximate surface area is 105 Å². The molecule has 0 spiro atoms. The average molecular weight is 271 g/mol. The van der Waals surface area contributed by atoms with Gasteiger partial charge in [0.25, 0.3) is 10.1 Å². The number of carbonyl (C=O) groups excluding carboxylic acids is 1. The zero-order chi connectivity index (χ0) is 13.7. The molecule has 7 heteroatoms. The molecule has 2 unspecified atom stereocenters. The number of fused-ring (bicyclic) bond motifs is 1. The molecule has 1 aliphatic heterocycles. The van der Waals surface area contributed by atoms with Crippen LogP contribution in [0.4, 0.5) is 0 Å². The molecule has 18 heavy (non-hydrogen) atoms. The van der Waals surface area contributed by atoms with E-state index in [2.05, 4.69) is 0 Å². The molecule has 0 aromatic rings. The van der Waals surface area contributed by atoms with Gasteiger partial charge < -0.3 is 10.5 Å². The molecule has 0 fully saturated rings. The van der Waals surface area contributed by atoms with Crippen LogP contribution < -0.4 is 5.73 Å². The van der Waals surface area contributed by atoms with Crippen LogP contribution in [0.1, 0.15) is 13.8 Å². The monoisotopic (exact) mass is 271 g/mol. The zero-order valence-electron chi connectivity index (χ0n) is 9.88. The van der Waals surface area contributed by atoms with Gasteiger partial charge in [-0.05, 0) is 19.9 Å². The van der Waals surface area contributed by atoms with Crippen LogP contribution in [-0.4, -0.2) is 25.0 Å². The van der Waals surface area contributed by atoms with E-state index in [0.29, 0.717) is 11.1 Å². The molecule has 0 saturated heterocycles. The molecule has 6 nitrogen and oxygen atoms in total. The van der Waals surface area contributed by atoms with Crippen molar-refractivity contribution in [1.82, 2.24) is 0 Å². The molecule has 0 aromatic heterocycles. The van der Waals surface area contributed by atoms with Gasteiger partial charge in [-0.1, -0.05) is 11.6 Å². The Bertz CT molecular complexity index is 611. The second-order valence-electron chi connectivity index (χ2n) is 4.33. The highest BCUT2D eigenvalue weighted by atomic mass is 32.2. The lowest BCUT2D eigenvalue weighted by Crippen LogP contribution is -2.35. The van der Waals surface area contributed by atoms with Gasteiger partial charge in [0.15, 0.2) is 0 Å². The van der Waals surface area contributed by atoms with Crippen LogP contribution in [-0.2, 0) is 19.6 Å². The third kappa shape index (κ3) is 1.95. The minimum absolute atomic E-state index is 0.112. The second-order valence-corrected chi connectivity index (χ2v) is 5.72. The fourth-order valence-electron chi connectivity index (χ4n) is 2.05. The molecule has 0 bridgehead atoms. The summed E-state index contributed by atoms with van der Waals surface area (Å²) in [5, 5.41) is 0. The standard InChI is InChI=1S/C11H13NO5S/c1-5-6(2)11(13)17-9-4-8(12)10(3-7(5)9)18(14,15)16/h3-4,7,9H,12H2,1-2H3,(H,14,15,16). The number of esters is 1. The van der Waals surface area contributed by atoms with Crippen LogP contribution in [0, 0.1) is 5.92 Å². The van der Waals surface area contributed by atoms with Gasteiger partial charge in [-0.2, -0.15) is 8.42 Å². The third-order valence-electron chi connectivity index (χ3n) is 3.23. The predicted octanol–water partition coefficient (Wildman–Crippen LogP) is 0.492. The van der Waals surface area contributed by atoms with Gasteiger partial charge >= 0.3 is 5.97 Å². The Morgan fingerprint density at radius 2 is 1.94 bits per heavy atom.